The van der Waals surface area contributed by atoms with Gasteiger partial charge in [0.05, 0.1) is 6.61 Å². The van der Waals surface area contributed by atoms with Crippen molar-refractivity contribution in [1.82, 2.24) is 9.55 Å². The van der Waals surface area contributed by atoms with Crippen LogP contribution in [0.4, 0.5) is 0 Å². The van der Waals surface area contributed by atoms with Crippen molar-refractivity contribution < 1.29 is 12.6 Å². The number of hydrogen-bond acceptors (Lipinski definition) is 4. The van der Waals surface area contributed by atoms with Gasteiger partial charge in [-0.05, 0) is 12.8 Å². The van der Waals surface area contributed by atoms with Gasteiger partial charge in [-0.15, -0.1) is 0 Å². The zero-order valence-corrected chi connectivity index (χ0v) is 11.2. The lowest BCUT2D eigenvalue weighted by Crippen LogP contribution is -2.14. The Morgan fingerprint density at radius 2 is 2.00 bits per heavy atom. The molecule has 0 bridgehead atoms. The smallest absolute Gasteiger partial charge is 0.320 e. The van der Waals surface area contributed by atoms with E-state index in [0.717, 1.165) is 25.7 Å². The number of hydrogen-bond donors (Lipinski definition) is 0. The van der Waals surface area contributed by atoms with Gasteiger partial charge in [0.2, 0.25) is 0 Å². The highest BCUT2D eigenvalue weighted by Gasteiger charge is 2.20. The molecule has 0 spiro atoms. The number of rotatable bonds is 8. The highest BCUT2D eigenvalue weighted by atomic mass is 32.2. The summed E-state index contributed by atoms with van der Waals surface area (Å²) in [6, 6.07) is 0. The third kappa shape index (κ3) is 4.12. The summed E-state index contributed by atoms with van der Waals surface area (Å²) in [4.78, 5) is 3.87. The van der Waals surface area contributed by atoms with E-state index in [1.54, 1.807) is 10.8 Å². The van der Waals surface area contributed by atoms with Gasteiger partial charge in [0.15, 0.2) is 0 Å². The van der Waals surface area contributed by atoms with Crippen molar-refractivity contribution >= 4 is 10.1 Å². The molecule has 1 aromatic heterocycles. The number of aromatic nitrogens is 2. The Kier molecular flexibility index (Phi) is 5.64. The van der Waals surface area contributed by atoms with Crippen LogP contribution in [0.5, 0.6) is 0 Å². The SMILES string of the molecule is CCCCOS(=O)(=O)c1nccn1CCCC. The molecule has 0 unspecified atom stereocenters. The Morgan fingerprint density at radius 1 is 1.29 bits per heavy atom. The zero-order valence-electron chi connectivity index (χ0n) is 10.4. The predicted molar refractivity (Wildman–Crippen MR) is 65.2 cm³/mol. The molecule has 0 saturated carbocycles. The molecule has 17 heavy (non-hydrogen) atoms. The van der Waals surface area contributed by atoms with E-state index in [1.807, 2.05) is 6.92 Å². The van der Waals surface area contributed by atoms with Gasteiger partial charge in [-0.3, -0.25) is 4.18 Å². The van der Waals surface area contributed by atoms with Gasteiger partial charge in [0.25, 0.3) is 5.16 Å². The third-order valence-electron chi connectivity index (χ3n) is 2.39. The second-order valence-corrected chi connectivity index (χ2v) is 5.40. The topological polar surface area (TPSA) is 61.2 Å². The Labute approximate surface area is 103 Å². The molecule has 0 aliphatic rings. The maximum Gasteiger partial charge on any atom is 0.331 e. The summed E-state index contributed by atoms with van der Waals surface area (Å²) < 4.78 is 30.2. The lowest BCUT2D eigenvalue weighted by molar-refractivity contribution is 0.304. The van der Waals surface area contributed by atoms with Gasteiger partial charge in [-0.2, -0.15) is 8.42 Å². The van der Waals surface area contributed by atoms with E-state index in [1.165, 1.54) is 6.20 Å². The molecule has 0 radical (unpaired) electrons. The molecule has 5 nitrogen and oxygen atoms in total. The molecule has 1 rings (SSSR count). The first-order chi connectivity index (χ1) is 8.11. The summed E-state index contributed by atoms with van der Waals surface area (Å²) in [6.45, 7) is 4.92. The molecule has 0 atom stereocenters. The maximum absolute atomic E-state index is 11.8. The summed E-state index contributed by atoms with van der Waals surface area (Å²) in [5, 5.41) is 0.0158. The average molecular weight is 260 g/mol. The first kappa shape index (κ1) is 14.2. The molecule has 98 valence electrons. The molecular formula is C11H20N2O3S. The van der Waals surface area contributed by atoms with Crippen LogP contribution in [0.25, 0.3) is 0 Å². The number of imidazole rings is 1. The van der Waals surface area contributed by atoms with Gasteiger partial charge in [-0.1, -0.05) is 26.7 Å². The summed E-state index contributed by atoms with van der Waals surface area (Å²) in [6.07, 6.45) is 6.73. The summed E-state index contributed by atoms with van der Waals surface area (Å²) in [7, 11) is -3.70. The van der Waals surface area contributed by atoms with Gasteiger partial charge in [-0.25, -0.2) is 4.98 Å². The molecular weight excluding hydrogens is 240 g/mol. The van der Waals surface area contributed by atoms with Crippen LogP contribution in [-0.4, -0.2) is 24.6 Å². The highest BCUT2D eigenvalue weighted by molar-refractivity contribution is 7.86. The van der Waals surface area contributed by atoms with Crippen molar-refractivity contribution in [3.8, 4) is 0 Å². The fourth-order valence-corrected chi connectivity index (χ4v) is 2.46. The van der Waals surface area contributed by atoms with Crippen LogP contribution in [0, 0.1) is 0 Å². The molecule has 0 aliphatic carbocycles. The minimum atomic E-state index is -3.70. The van der Waals surface area contributed by atoms with Gasteiger partial charge in [0.1, 0.15) is 0 Å². The summed E-state index contributed by atoms with van der Waals surface area (Å²) >= 11 is 0. The standard InChI is InChI=1S/C11H20N2O3S/c1-3-5-8-13-9-7-12-11(13)17(14,15)16-10-6-4-2/h7,9H,3-6,8,10H2,1-2H3. The monoisotopic (exact) mass is 260 g/mol. The zero-order chi connectivity index (χ0) is 12.7. The van der Waals surface area contributed by atoms with Crippen molar-refractivity contribution in [2.45, 2.75) is 51.2 Å². The van der Waals surface area contributed by atoms with Crippen molar-refractivity contribution in [3.05, 3.63) is 12.4 Å². The van der Waals surface area contributed by atoms with E-state index >= 15 is 0 Å². The van der Waals surface area contributed by atoms with Crippen molar-refractivity contribution in [2.24, 2.45) is 0 Å². The van der Waals surface area contributed by atoms with E-state index in [2.05, 4.69) is 11.9 Å². The number of aryl methyl sites for hydroxylation is 1. The fraction of sp³-hybridized carbons (Fsp3) is 0.727. The second kappa shape index (κ2) is 6.76. The van der Waals surface area contributed by atoms with Crippen LogP contribution >= 0.6 is 0 Å². The van der Waals surface area contributed by atoms with Crippen LogP contribution in [0.1, 0.15) is 39.5 Å². The highest BCUT2D eigenvalue weighted by Crippen LogP contribution is 2.11. The third-order valence-corrected chi connectivity index (χ3v) is 3.65. The van der Waals surface area contributed by atoms with E-state index in [9.17, 15) is 8.42 Å². The number of nitrogens with zero attached hydrogens (tertiary/aromatic N) is 2. The Balaban J connectivity index is 2.73. The normalized spacial score (nSPS) is 11.9. The lowest BCUT2D eigenvalue weighted by atomic mass is 10.3. The van der Waals surface area contributed by atoms with E-state index in [0.29, 0.717) is 6.54 Å². The Hall–Kier alpha value is -0.880. The maximum atomic E-state index is 11.8. The van der Waals surface area contributed by atoms with E-state index < -0.39 is 10.1 Å². The van der Waals surface area contributed by atoms with Crippen LogP contribution in [-0.2, 0) is 20.8 Å². The largest absolute Gasteiger partial charge is 0.331 e. The van der Waals surface area contributed by atoms with Crippen molar-refractivity contribution in [1.29, 1.82) is 0 Å². The number of unbranched alkanes of at least 4 members (excludes halogenated alkanes) is 2. The minimum Gasteiger partial charge on any atom is -0.320 e. The van der Waals surface area contributed by atoms with E-state index in [4.69, 9.17) is 4.18 Å². The second-order valence-electron chi connectivity index (χ2n) is 3.89. The molecule has 0 N–H and O–H groups in total. The van der Waals surface area contributed by atoms with Gasteiger partial charge in [0, 0.05) is 18.9 Å². The first-order valence-electron chi connectivity index (χ1n) is 6.02. The summed E-state index contributed by atoms with van der Waals surface area (Å²) in [5.74, 6) is 0. The van der Waals surface area contributed by atoms with Crippen LogP contribution < -0.4 is 0 Å². The van der Waals surface area contributed by atoms with Crippen LogP contribution in [0.3, 0.4) is 0 Å². The molecule has 0 fully saturated rings. The first-order valence-corrected chi connectivity index (χ1v) is 7.43. The molecule has 0 aliphatic heterocycles. The lowest BCUT2D eigenvalue weighted by Gasteiger charge is -2.07. The van der Waals surface area contributed by atoms with E-state index in [-0.39, 0.29) is 11.8 Å². The van der Waals surface area contributed by atoms with Gasteiger partial charge >= 0.3 is 10.1 Å². The fourth-order valence-electron chi connectivity index (χ4n) is 1.39. The summed E-state index contributed by atoms with van der Waals surface area (Å²) in [5.41, 5.74) is 0. The minimum absolute atomic E-state index is 0.0158. The van der Waals surface area contributed by atoms with Crippen molar-refractivity contribution in [3.63, 3.8) is 0 Å². The Morgan fingerprint density at radius 3 is 2.65 bits per heavy atom. The quantitative estimate of drug-likeness (QED) is 0.531. The van der Waals surface area contributed by atoms with Crippen molar-refractivity contribution in [2.75, 3.05) is 6.61 Å². The van der Waals surface area contributed by atoms with Gasteiger partial charge < -0.3 is 4.57 Å². The predicted octanol–water partition coefficient (Wildman–Crippen LogP) is 2.19. The molecule has 0 amide bonds. The van der Waals surface area contributed by atoms with Crippen LogP contribution in [0.2, 0.25) is 0 Å². The Bertz CT molecular complexity index is 426. The molecule has 1 heterocycles. The van der Waals surface area contributed by atoms with Crippen LogP contribution in [0.15, 0.2) is 17.6 Å². The molecule has 1 aromatic rings. The average Bonchev–Trinajstić information content (AvgIpc) is 2.75. The molecule has 0 aromatic carbocycles. The molecule has 6 heteroatoms. The molecule has 0 saturated heterocycles.